The average Bonchev–Trinajstić information content (AvgIpc) is 3.31. The third-order valence-electron chi connectivity index (χ3n) is 5.02. The Morgan fingerprint density at radius 2 is 2.16 bits per heavy atom. The molecule has 1 aliphatic rings. The van der Waals surface area contributed by atoms with E-state index in [2.05, 4.69) is 27.1 Å². The van der Waals surface area contributed by atoms with Crippen LogP contribution in [0.4, 0.5) is 5.69 Å². The molecule has 25 heavy (non-hydrogen) atoms. The molecule has 2 aromatic heterocycles. The third-order valence-corrected chi connectivity index (χ3v) is 5.02. The second kappa shape index (κ2) is 6.02. The highest BCUT2D eigenvalue weighted by atomic mass is 16.1. The second-order valence-electron chi connectivity index (χ2n) is 6.97. The van der Waals surface area contributed by atoms with Crippen molar-refractivity contribution in [3.8, 4) is 0 Å². The van der Waals surface area contributed by atoms with E-state index in [1.165, 1.54) is 12.8 Å². The van der Waals surface area contributed by atoms with Crippen molar-refractivity contribution in [1.29, 1.82) is 0 Å². The van der Waals surface area contributed by atoms with Gasteiger partial charge in [-0.1, -0.05) is 0 Å². The SMILES string of the molecule is Cc1n[nH]c(C)c1CCC(=O)Nc1ccc2c(c1)nc(C1CC1)n2C. The quantitative estimate of drug-likeness (QED) is 0.749. The number of hydrogen-bond donors (Lipinski definition) is 2. The normalized spacial score (nSPS) is 14.2. The number of carbonyl (C=O) groups is 1. The first kappa shape index (κ1) is 15.9. The van der Waals surface area contributed by atoms with Crippen LogP contribution in [0.15, 0.2) is 18.2 Å². The standard InChI is InChI=1S/C19H23N5O/c1-11-15(12(2)23-22-11)7-9-18(25)20-14-6-8-17-16(10-14)21-19(24(17)3)13-4-5-13/h6,8,10,13H,4-5,7,9H2,1-3H3,(H,20,25)(H,22,23). The van der Waals surface area contributed by atoms with Crippen LogP contribution in [0.2, 0.25) is 0 Å². The van der Waals surface area contributed by atoms with Crippen LogP contribution < -0.4 is 5.32 Å². The summed E-state index contributed by atoms with van der Waals surface area (Å²) in [5.74, 6) is 1.78. The number of nitrogens with one attached hydrogen (secondary N) is 2. The van der Waals surface area contributed by atoms with Crippen molar-refractivity contribution in [1.82, 2.24) is 19.7 Å². The molecule has 0 saturated heterocycles. The molecule has 3 aromatic rings. The van der Waals surface area contributed by atoms with E-state index >= 15 is 0 Å². The second-order valence-corrected chi connectivity index (χ2v) is 6.97. The number of hydrogen-bond acceptors (Lipinski definition) is 3. The molecule has 2 heterocycles. The zero-order valence-electron chi connectivity index (χ0n) is 14.9. The maximum Gasteiger partial charge on any atom is 0.224 e. The zero-order chi connectivity index (χ0) is 17.6. The summed E-state index contributed by atoms with van der Waals surface area (Å²) in [5, 5.41) is 10.1. The number of amides is 1. The highest BCUT2D eigenvalue weighted by molar-refractivity contribution is 5.93. The van der Waals surface area contributed by atoms with Crippen molar-refractivity contribution in [2.24, 2.45) is 7.05 Å². The van der Waals surface area contributed by atoms with Crippen LogP contribution in [0.3, 0.4) is 0 Å². The lowest BCUT2D eigenvalue weighted by Gasteiger charge is -2.06. The van der Waals surface area contributed by atoms with Gasteiger partial charge in [-0.05, 0) is 56.9 Å². The van der Waals surface area contributed by atoms with Gasteiger partial charge in [-0.15, -0.1) is 0 Å². The first-order chi connectivity index (χ1) is 12.0. The molecule has 1 aliphatic carbocycles. The van der Waals surface area contributed by atoms with Crippen LogP contribution in [0.5, 0.6) is 0 Å². The summed E-state index contributed by atoms with van der Waals surface area (Å²) in [5.41, 5.74) is 6.00. The van der Waals surface area contributed by atoms with E-state index in [1.807, 2.05) is 32.0 Å². The number of aromatic nitrogens is 4. The minimum atomic E-state index is 0.0118. The first-order valence-electron chi connectivity index (χ1n) is 8.79. The molecule has 6 heteroatoms. The summed E-state index contributed by atoms with van der Waals surface area (Å²) in [6.07, 6.45) is 3.59. The lowest BCUT2D eigenvalue weighted by molar-refractivity contribution is -0.116. The Hall–Kier alpha value is -2.63. The summed E-state index contributed by atoms with van der Waals surface area (Å²) in [6, 6.07) is 5.95. The Morgan fingerprint density at radius 3 is 2.84 bits per heavy atom. The summed E-state index contributed by atoms with van der Waals surface area (Å²) >= 11 is 0. The molecule has 0 unspecified atom stereocenters. The number of carbonyl (C=O) groups excluding carboxylic acids is 1. The number of aromatic amines is 1. The minimum Gasteiger partial charge on any atom is -0.331 e. The molecule has 0 radical (unpaired) electrons. The fraction of sp³-hybridized carbons (Fsp3) is 0.421. The maximum absolute atomic E-state index is 12.3. The van der Waals surface area contributed by atoms with E-state index < -0.39 is 0 Å². The lowest BCUT2D eigenvalue weighted by atomic mass is 10.1. The molecule has 1 fully saturated rings. The van der Waals surface area contributed by atoms with E-state index in [0.717, 1.165) is 39.5 Å². The first-order valence-corrected chi connectivity index (χ1v) is 8.79. The number of nitrogens with zero attached hydrogens (tertiary/aromatic N) is 3. The molecule has 0 atom stereocenters. The fourth-order valence-electron chi connectivity index (χ4n) is 3.41. The van der Waals surface area contributed by atoms with Crippen molar-refractivity contribution >= 4 is 22.6 Å². The zero-order valence-corrected chi connectivity index (χ0v) is 14.9. The van der Waals surface area contributed by atoms with Gasteiger partial charge in [-0.25, -0.2) is 4.98 Å². The van der Waals surface area contributed by atoms with Crippen LogP contribution in [0, 0.1) is 13.8 Å². The molecule has 6 nitrogen and oxygen atoms in total. The van der Waals surface area contributed by atoms with Crippen molar-refractivity contribution < 1.29 is 4.79 Å². The highest BCUT2D eigenvalue weighted by Gasteiger charge is 2.28. The molecule has 2 N–H and O–H groups in total. The fourth-order valence-corrected chi connectivity index (χ4v) is 3.41. The van der Waals surface area contributed by atoms with Gasteiger partial charge in [0, 0.05) is 30.8 Å². The molecule has 4 rings (SSSR count). The summed E-state index contributed by atoms with van der Waals surface area (Å²) < 4.78 is 2.17. The molecule has 0 aliphatic heterocycles. The van der Waals surface area contributed by atoms with E-state index in [9.17, 15) is 4.79 Å². The number of benzene rings is 1. The van der Waals surface area contributed by atoms with Gasteiger partial charge in [0.15, 0.2) is 0 Å². The Balaban J connectivity index is 1.45. The Labute approximate surface area is 146 Å². The minimum absolute atomic E-state index is 0.0118. The molecule has 0 spiro atoms. The summed E-state index contributed by atoms with van der Waals surface area (Å²) in [6.45, 7) is 3.95. The number of aryl methyl sites for hydroxylation is 3. The predicted molar refractivity (Wildman–Crippen MR) is 97.7 cm³/mol. The molecular weight excluding hydrogens is 314 g/mol. The largest absolute Gasteiger partial charge is 0.331 e. The van der Waals surface area contributed by atoms with Gasteiger partial charge in [0.05, 0.1) is 16.7 Å². The number of fused-ring (bicyclic) bond motifs is 1. The van der Waals surface area contributed by atoms with Gasteiger partial charge in [0.1, 0.15) is 5.82 Å². The molecule has 1 amide bonds. The van der Waals surface area contributed by atoms with Gasteiger partial charge in [0.2, 0.25) is 5.91 Å². The van der Waals surface area contributed by atoms with Crippen LogP contribution in [0.25, 0.3) is 11.0 Å². The van der Waals surface area contributed by atoms with Crippen molar-refractivity contribution in [2.75, 3.05) is 5.32 Å². The highest BCUT2D eigenvalue weighted by Crippen LogP contribution is 2.40. The topological polar surface area (TPSA) is 75.6 Å². The molecule has 0 bridgehead atoms. The van der Waals surface area contributed by atoms with Gasteiger partial charge >= 0.3 is 0 Å². The number of anilines is 1. The number of rotatable bonds is 5. The van der Waals surface area contributed by atoms with Crippen molar-refractivity contribution in [3.63, 3.8) is 0 Å². The van der Waals surface area contributed by atoms with Crippen LogP contribution in [-0.4, -0.2) is 25.7 Å². The number of H-pyrrole nitrogens is 1. The lowest BCUT2D eigenvalue weighted by Crippen LogP contribution is -2.12. The van der Waals surface area contributed by atoms with Crippen molar-refractivity contribution in [3.05, 3.63) is 41.0 Å². The van der Waals surface area contributed by atoms with Crippen molar-refractivity contribution in [2.45, 2.75) is 45.4 Å². The Morgan fingerprint density at radius 1 is 1.36 bits per heavy atom. The van der Waals surface area contributed by atoms with Gasteiger partial charge < -0.3 is 9.88 Å². The maximum atomic E-state index is 12.3. The van der Waals surface area contributed by atoms with E-state index in [4.69, 9.17) is 4.98 Å². The van der Waals surface area contributed by atoms with Crippen LogP contribution in [0.1, 0.15) is 48.0 Å². The molecule has 1 saturated carbocycles. The Bertz CT molecular complexity index is 929. The Kier molecular flexibility index (Phi) is 3.82. The molecular formula is C19H23N5O. The van der Waals surface area contributed by atoms with E-state index in [1.54, 1.807) is 0 Å². The summed E-state index contributed by atoms with van der Waals surface area (Å²) in [4.78, 5) is 17.0. The van der Waals surface area contributed by atoms with Crippen LogP contribution >= 0.6 is 0 Å². The predicted octanol–water partition coefficient (Wildman–Crippen LogP) is 3.36. The van der Waals surface area contributed by atoms with Gasteiger partial charge in [-0.3, -0.25) is 9.89 Å². The average molecular weight is 337 g/mol. The third kappa shape index (κ3) is 3.04. The number of imidazole rings is 1. The molecule has 1 aromatic carbocycles. The van der Waals surface area contributed by atoms with E-state index in [-0.39, 0.29) is 5.91 Å². The van der Waals surface area contributed by atoms with Crippen LogP contribution in [-0.2, 0) is 18.3 Å². The van der Waals surface area contributed by atoms with Gasteiger partial charge in [-0.2, -0.15) is 5.10 Å². The smallest absolute Gasteiger partial charge is 0.224 e. The molecule has 130 valence electrons. The van der Waals surface area contributed by atoms with E-state index in [0.29, 0.717) is 18.8 Å². The monoisotopic (exact) mass is 337 g/mol. The summed E-state index contributed by atoms with van der Waals surface area (Å²) in [7, 11) is 2.07. The van der Waals surface area contributed by atoms with Gasteiger partial charge in [0.25, 0.3) is 0 Å².